The van der Waals surface area contributed by atoms with Crippen LogP contribution in [0.3, 0.4) is 0 Å². The minimum atomic E-state index is 0.525. The Morgan fingerprint density at radius 3 is 1.64 bits per heavy atom. The van der Waals surface area contributed by atoms with E-state index in [9.17, 15) is 0 Å². The van der Waals surface area contributed by atoms with E-state index < -0.39 is 0 Å². The molecule has 1 atom stereocenters. The zero-order valence-corrected chi connectivity index (χ0v) is 20.0. The van der Waals surface area contributed by atoms with E-state index in [1.165, 1.54) is 54.4 Å². The van der Waals surface area contributed by atoms with E-state index in [0.717, 1.165) is 12.3 Å². The molecule has 0 aliphatic rings. The molecule has 2 aromatic carbocycles. The third-order valence-corrected chi connectivity index (χ3v) is 5.01. The van der Waals surface area contributed by atoms with E-state index >= 15 is 0 Å². The van der Waals surface area contributed by atoms with Gasteiger partial charge >= 0.3 is 0 Å². The summed E-state index contributed by atoms with van der Waals surface area (Å²) in [7, 11) is 0. The largest absolute Gasteiger partial charge is 0.0656 e. The van der Waals surface area contributed by atoms with Gasteiger partial charge in [0, 0.05) is 5.92 Å². The summed E-state index contributed by atoms with van der Waals surface area (Å²) in [5.41, 5.74) is 5.60. The van der Waals surface area contributed by atoms with Crippen molar-refractivity contribution in [1.29, 1.82) is 0 Å². The van der Waals surface area contributed by atoms with Gasteiger partial charge < -0.3 is 0 Å². The number of benzene rings is 2. The summed E-state index contributed by atoms with van der Waals surface area (Å²) < 4.78 is 0. The van der Waals surface area contributed by atoms with Crippen LogP contribution in [0.15, 0.2) is 48.5 Å². The lowest BCUT2D eigenvalue weighted by molar-refractivity contribution is 0.480. The lowest BCUT2D eigenvalue weighted by Crippen LogP contribution is -2.01. The maximum atomic E-state index is 2.34. The highest BCUT2D eigenvalue weighted by Gasteiger charge is 2.13. The first kappa shape index (κ1) is 26.4. The monoisotopic (exact) mass is 382 g/mol. The predicted octanol–water partition coefficient (Wildman–Crippen LogP) is 9.48. The molecule has 1 unspecified atom stereocenters. The van der Waals surface area contributed by atoms with Crippen molar-refractivity contribution in [3.8, 4) is 0 Å². The van der Waals surface area contributed by atoms with Crippen LogP contribution >= 0.6 is 0 Å². The third kappa shape index (κ3) is 10.7. The van der Waals surface area contributed by atoms with Gasteiger partial charge in [-0.3, -0.25) is 0 Å². The van der Waals surface area contributed by atoms with Gasteiger partial charge in [0.15, 0.2) is 0 Å². The van der Waals surface area contributed by atoms with Gasteiger partial charge in [-0.2, -0.15) is 0 Å². The third-order valence-electron chi connectivity index (χ3n) is 5.01. The lowest BCUT2D eigenvalue weighted by Gasteiger charge is -2.18. The van der Waals surface area contributed by atoms with Crippen molar-refractivity contribution in [3.63, 3.8) is 0 Å². The zero-order valence-electron chi connectivity index (χ0n) is 20.0. The van der Waals surface area contributed by atoms with Crippen molar-refractivity contribution in [1.82, 2.24) is 0 Å². The van der Waals surface area contributed by atoms with Gasteiger partial charge in [-0.05, 0) is 42.9 Å². The Balaban J connectivity index is 0.000000558. The second-order valence-electron chi connectivity index (χ2n) is 8.12. The number of hydrogen-bond donors (Lipinski definition) is 0. The summed E-state index contributed by atoms with van der Waals surface area (Å²) in [6, 6.07) is 17.6. The summed E-state index contributed by atoms with van der Waals surface area (Å²) in [4.78, 5) is 0. The SMILES string of the molecule is CCC.CCC(c1ccc(C)cc1)c1ccccc1C.CCCC(C)CCC. The second-order valence-corrected chi connectivity index (χ2v) is 8.12. The molecule has 0 saturated carbocycles. The molecule has 0 aliphatic heterocycles. The molecule has 0 fully saturated rings. The van der Waals surface area contributed by atoms with Crippen LogP contribution in [-0.4, -0.2) is 0 Å². The van der Waals surface area contributed by atoms with Crippen LogP contribution < -0.4 is 0 Å². The standard InChI is InChI=1S/C17H20.C8H18.C3H8/c1-4-16(15-11-9-13(2)10-12-15)17-8-6-5-7-14(17)3;1-4-6-8(3)7-5-2;1-3-2/h5-12,16H,4H2,1-3H3;8H,4-7H2,1-3H3;3H2,1-2H3. The van der Waals surface area contributed by atoms with Gasteiger partial charge in [0.25, 0.3) is 0 Å². The molecule has 0 saturated heterocycles. The van der Waals surface area contributed by atoms with Crippen molar-refractivity contribution in [2.24, 2.45) is 5.92 Å². The van der Waals surface area contributed by atoms with Crippen LogP contribution in [-0.2, 0) is 0 Å². The molecule has 28 heavy (non-hydrogen) atoms. The maximum absolute atomic E-state index is 2.34. The van der Waals surface area contributed by atoms with E-state index in [4.69, 9.17) is 0 Å². The van der Waals surface area contributed by atoms with Gasteiger partial charge in [0.05, 0.1) is 0 Å². The van der Waals surface area contributed by atoms with Gasteiger partial charge in [-0.25, -0.2) is 0 Å². The van der Waals surface area contributed by atoms with Crippen LogP contribution in [0, 0.1) is 19.8 Å². The average Bonchev–Trinajstić information content (AvgIpc) is 2.67. The fourth-order valence-electron chi connectivity index (χ4n) is 3.54. The number of hydrogen-bond acceptors (Lipinski definition) is 0. The average molecular weight is 383 g/mol. The molecule has 0 N–H and O–H groups in total. The van der Waals surface area contributed by atoms with Crippen LogP contribution in [0.4, 0.5) is 0 Å². The van der Waals surface area contributed by atoms with Gasteiger partial charge in [-0.1, -0.05) is 128 Å². The molecular formula is C28H46. The number of aryl methyl sites for hydroxylation is 2. The topological polar surface area (TPSA) is 0 Å². The summed E-state index contributed by atoms with van der Waals surface area (Å²) in [6.45, 7) is 17.7. The molecule has 2 aromatic rings. The molecule has 0 spiro atoms. The van der Waals surface area contributed by atoms with Crippen molar-refractivity contribution in [3.05, 3.63) is 70.8 Å². The molecule has 2 rings (SSSR count). The van der Waals surface area contributed by atoms with Crippen molar-refractivity contribution in [2.75, 3.05) is 0 Å². The summed E-state index contributed by atoms with van der Waals surface area (Å²) >= 11 is 0. The Hall–Kier alpha value is -1.56. The Morgan fingerprint density at radius 2 is 1.21 bits per heavy atom. The Morgan fingerprint density at radius 1 is 0.714 bits per heavy atom. The highest BCUT2D eigenvalue weighted by molar-refractivity contribution is 5.38. The van der Waals surface area contributed by atoms with E-state index in [2.05, 4.69) is 104 Å². The highest BCUT2D eigenvalue weighted by atomic mass is 14.2. The maximum Gasteiger partial charge on any atom is 0.00893 e. The summed E-state index contributed by atoms with van der Waals surface area (Å²) in [5, 5.41) is 0. The first-order valence-electron chi connectivity index (χ1n) is 11.6. The molecular weight excluding hydrogens is 336 g/mol. The van der Waals surface area contributed by atoms with Crippen molar-refractivity contribution in [2.45, 2.75) is 99.8 Å². The van der Waals surface area contributed by atoms with Crippen LogP contribution in [0.25, 0.3) is 0 Å². The molecule has 0 nitrogen and oxygen atoms in total. The van der Waals surface area contributed by atoms with E-state index in [1.54, 1.807) is 0 Å². The van der Waals surface area contributed by atoms with E-state index in [0.29, 0.717) is 5.92 Å². The fraction of sp³-hybridized carbons (Fsp3) is 0.571. The summed E-state index contributed by atoms with van der Waals surface area (Å²) in [6.07, 6.45) is 7.91. The smallest absolute Gasteiger partial charge is 0.00893 e. The van der Waals surface area contributed by atoms with Crippen molar-refractivity contribution >= 4 is 0 Å². The van der Waals surface area contributed by atoms with Gasteiger partial charge in [0.1, 0.15) is 0 Å². The zero-order chi connectivity index (χ0) is 21.4. The molecule has 158 valence electrons. The molecule has 0 aromatic heterocycles. The molecule has 0 heterocycles. The molecule has 0 aliphatic carbocycles. The van der Waals surface area contributed by atoms with Crippen LogP contribution in [0.1, 0.15) is 108 Å². The van der Waals surface area contributed by atoms with Crippen molar-refractivity contribution < 1.29 is 0 Å². The number of rotatable bonds is 7. The molecule has 0 bridgehead atoms. The quantitative estimate of drug-likeness (QED) is 0.447. The van der Waals surface area contributed by atoms with Gasteiger partial charge in [0.2, 0.25) is 0 Å². The van der Waals surface area contributed by atoms with Crippen LogP contribution in [0.2, 0.25) is 0 Å². The first-order chi connectivity index (χ1) is 13.4. The molecule has 0 heteroatoms. The minimum Gasteiger partial charge on any atom is -0.0656 e. The Labute approximate surface area is 176 Å². The Kier molecular flexibility index (Phi) is 15.5. The molecule has 0 amide bonds. The van der Waals surface area contributed by atoms with E-state index in [1.807, 2.05) is 0 Å². The minimum absolute atomic E-state index is 0.525. The summed E-state index contributed by atoms with van der Waals surface area (Å²) in [5.74, 6) is 1.49. The Bertz CT molecular complexity index is 588. The fourth-order valence-corrected chi connectivity index (χ4v) is 3.54. The lowest BCUT2D eigenvalue weighted by atomic mass is 9.86. The van der Waals surface area contributed by atoms with Gasteiger partial charge in [-0.15, -0.1) is 0 Å². The molecule has 0 radical (unpaired) electrons. The highest BCUT2D eigenvalue weighted by Crippen LogP contribution is 2.30. The first-order valence-corrected chi connectivity index (χ1v) is 11.6. The normalized spacial score (nSPS) is 11.2. The predicted molar refractivity (Wildman–Crippen MR) is 129 cm³/mol. The second kappa shape index (κ2) is 16.4. The van der Waals surface area contributed by atoms with E-state index in [-0.39, 0.29) is 0 Å². The van der Waals surface area contributed by atoms with Crippen LogP contribution in [0.5, 0.6) is 0 Å².